The van der Waals surface area contributed by atoms with Gasteiger partial charge in [-0.15, -0.1) is 0 Å². The predicted molar refractivity (Wildman–Crippen MR) is 325 cm³/mol. The van der Waals surface area contributed by atoms with E-state index < -0.39 is 57.8 Å². The van der Waals surface area contributed by atoms with Crippen molar-refractivity contribution < 1.29 is 52.2 Å². The van der Waals surface area contributed by atoms with Gasteiger partial charge in [-0.2, -0.15) is 0 Å². The van der Waals surface area contributed by atoms with Crippen LogP contribution in [0.2, 0.25) is 0 Å². The van der Waals surface area contributed by atoms with E-state index in [1.807, 2.05) is 12.2 Å². The molecule has 0 aromatic carbocycles. The van der Waals surface area contributed by atoms with E-state index in [2.05, 4.69) is 130 Å². The lowest BCUT2D eigenvalue weighted by Gasteiger charge is -2.21. The van der Waals surface area contributed by atoms with Crippen molar-refractivity contribution in [3.8, 4) is 0 Å². The number of ether oxygens (including phenoxy) is 3. The molecule has 0 amide bonds. The molecule has 0 rings (SSSR count). The molecule has 0 aliphatic carbocycles. The Hall–Kier alpha value is -4.12. The highest BCUT2D eigenvalue weighted by atomic mass is 31.2. The van der Waals surface area contributed by atoms with E-state index in [4.69, 9.17) is 23.3 Å². The van der Waals surface area contributed by atoms with Crippen molar-refractivity contribution in [2.24, 2.45) is 0 Å². The Labute approximate surface area is 475 Å². The molecule has 0 aromatic heterocycles. The van der Waals surface area contributed by atoms with Crippen LogP contribution in [0, 0.1) is 0 Å². The van der Waals surface area contributed by atoms with Crippen molar-refractivity contribution >= 4 is 25.7 Å². The number of phosphoric ester groups is 1. The van der Waals surface area contributed by atoms with Gasteiger partial charge in [-0.05, 0) is 116 Å². The summed E-state index contributed by atoms with van der Waals surface area (Å²) in [6.45, 7) is 4.34. The fourth-order valence-electron chi connectivity index (χ4n) is 7.74. The van der Waals surface area contributed by atoms with Crippen molar-refractivity contribution in [1.29, 1.82) is 0 Å². The molecule has 0 saturated heterocycles. The van der Waals surface area contributed by atoms with Gasteiger partial charge in [0.15, 0.2) is 6.10 Å². The Morgan fingerprint density at radius 2 is 0.718 bits per heavy atom. The second-order valence-electron chi connectivity index (χ2n) is 19.8. The third-order valence-corrected chi connectivity index (χ3v) is 13.3. The molecule has 3 atom stereocenters. The topological polar surface area (TPSA) is 155 Å². The van der Waals surface area contributed by atoms with Gasteiger partial charge in [-0.25, -0.2) is 4.57 Å². The number of phosphoric acid groups is 1. The molecule has 0 aromatic rings. The maximum absolute atomic E-state index is 12.9. The standard InChI is InChI=1S/C66H109O11P/c1-4-7-10-13-16-19-22-25-27-29-31-33-35-38-41-44-47-50-53-56-65(69)76-62(58-67)60-74-78(71,72)75-61-63(59-73-64(68)55-52-49-46-43-40-37-24-21-18-15-12-9-6-3)77-66(70)57-54-51-48-45-42-39-36-34-32-30-28-26-23-20-17-14-11-8-5-2/h8,11-12,15-17,19-21,24-28,32,34,39,42,48,51,62-63,67H,4-7,9-10,13-14,18,22-23,29-31,33,35-38,40-41,43-47,49-50,52-61H2,1-3H3,(H,71,72)/b11-8-,15-12-,19-16-,20-17-,24-21-,27-25-,28-26-,34-32-,42-39-,51-48-. The van der Waals surface area contributed by atoms with Gasteiger partial charge in [0.25, 0.3) is 0 Å². The van der Waals surface area contributed by atoms with Crippen LogP contribution in [0.1, 0.15) is 239 Å². The predicted octanol–water partition coefficient (Wildman–Crippen LogP) is 18.4. The van der Waals surface area contributed by atoms with E-state index in [0.717, 1.165) is 116 Å². The van der Waals surface area contributed by atoms with Crippen molar-refractivity contribution in [3.05, 3.63) is 122 Å². The fourth-order valence-corrected chi connectivity index (χ4v) is 8.53. The lowest BCUT2D eigenvalue weighted by atomic mass is 10.1. The number of esters is 3. The lowest BCUT2D eigenvalue weighted by molar-refractivity contribution is -0.161. The van der Waals surface area contributed by atoms with Crippen LogP contribution in [0.4, 0.5) is 0 Å². The molecule has 0 aliphatic heterocycles. The molecule has 444 valence electrons. The Balaban J connectivity index is 4.79. The number of aliphatic hydroxyl groups excluding tert-OH is 1. The summed E-state index contributed by atoms with van der Waals surface area (Å²) in [5.41, 5.74) is 0. The molecule has 78 heavy (non-hydrogen) atoms. The summed E-state index contributed by atoms with van der Waals surface area (Å²) in [5, 5.41) is 9.84. The number of hydrogen-bond acceptors (Lipinski definition) is 10. The number of unbranched alkanes of at least 4 members (excludes halogenated alkanes) is 18. The molecule has 0 spiro atoms. The summed E-state index contributed by atoms with van der Waals surface area (Å²) in [7, 11) is -4.78. The first-order chi connectivity index (χ1) is 38.2. The molecular weight excluding hydrogens is 1000 g/mol. The van der Waals surface area contributed by atoms with Crippen molar-refractivity contribution in [2.75, 3.05) is 26.4 Å². The number of hydrogen-bond donors (Lipinski definition) is 2. The molecule has 0 saturated carbocycles. The summed E-state index contributed by atoms with van der Waals surface area (Å²) in [4.78, 5) is 48.6. The molecule has 0 heterocycles. The van der Waals surface area contributed by atoms with E-state index in [9.17, 15) is 28.9 Å². The van der Waals surface area contributed by atoms with Gasteiger partial charge in [-0.1, -0.05) is 226 Å². The fraction of sp³-hybridized carbons (Fsp3) is 0.652. The molecule has 3 unspecified atom stereocenters. The smallest absolute Gasteiger partial charge is 0.462 e. The number of aliphatic hydroxyl groups is 1. The minimum absolute atomic E-state index is 0.0335. The SMILES string of the molecule is CC/C=C\C/C=C\C/C=C\C/C=C\C/C=C\C/C=C\CCC(=O)OC(COC(=O)CCCCCCC/C=C\C/C=C\CCC)COP(=O)(O)OCC(CO)OC(=O)CCCCCCCCCCC/C=C\C/C=C\CCCCC. The van der Waals surface area contributed by atoms with E-state index in [0.29, 0.717) is 25.7 Å². The molecule has 0 bridgehead atoms. The number of carbonyl (C=O) groups is 3. The normalized spacial score (nSPS) is 14.2. The minimum atomic E-state index is -4.78. The first kappa shape index (κ1) is 73.9. The average molecular weight is 1110 g/mol. The molecule has 0 aliphatic rings. The second kappa shape index (κ2) is 59.0. The molecule has 0 radical (unpaired) electrons. The van der Waals surface area contributed by atoms with Crippen molar-refractivity contribution in [2.45, 2.75) is 251 Å². The zero-order chi connectivity index (χ0) is 56.9. The third kappa shape index (κ3) is 56.6. The van der Waals surface area contributed by atoms with Gasteiger partial charge in [-0.3, -0.25) is 23.4 Å². The maximum atomic E-state index is 12.9. The van der Waals surface area contributed by atoms with E-state index in [-0.39, 0.29) is 25.9 Å². The average Bonchev–Trinajstić information content (AvgIpc) is 3.43. The first-order valence-corrected chi connectivity index (χ1v) is 31.9. The molecule has 2 N–H and O–H groups in total. The summed E-state index contributed by atoms with van der Waals surface area (Å²) in [5.74, 6) is -1.60. The first-order valence-electron chi connectivity index (χ1n) is 30.4. The van der Waals surface area contributed by atoms with Crippen LogP contribution in [0.3, 0.4) is 0 Å². The van der Waals surface area contributed by atoms with E-state index >= 15 is 0 Å². The van der Waals surface area contributed by atoms with Gasteiger partial charge in [0.2, 0.25) is 0 Å². The van der Waals surface area contributed by atoms with Gasteiger partial charge >= 0.3 is 25.7 Å². The van der Waals surface area contributed by atoms with Crippen LogP contribution >= 0.6 is 7.82 Å². The van der Waals surface area contributed by atoms with Crippen molar-refractivity contribution in [1.82, 2.24) is 0 Å². The Morgan fingerprint density at radius 3 is 1.15 bits per heavy atom. The molecule has 12 heteroatoms. The van der Waals surface area contributed by atoms with Crippen LogP contribution in [-0.4, -0.2) is 66.5 Å². The van der Waals surface area contributed by atoms with Gasteiger partial charge < -0.3 is 24.2 Å². The Morgan fingerprint density at radius 1 is 0.372 bits per heavy atom. The highest BCUT2D eigenvalue weighted by Crippen LogP contribution is 2.43. The number of carbonyl (C=O) groups excluding carboxylic acids is 3. The zero-order valence-electron chi connectivity index (χ0n) is 49.1. The largest absolute Gasteiger partial charge is 0.472 e. The monoisotopic (exact) mass is 1110 g/mol. The summed E-state index contributed by atoms with van der Waals surface area (Å²) < 4.78 is 39.5. The summed E-state index contributed by atoms with van der Waals surface area (Å²) >= 11 is 0. The molecular formula is C66H109O11P. The maximum Gasteiger partial charge on any atom is 0.472 e. The van der Waals surface area contributed by atoms with Crippen LogP contribution in [-0.2, 0) is 42.2 Å². The summed E-state index contributed by atoms with van der Waals surface area (Å²) in [6, 6.07) is 0. The highest BCUT2D eigenvalue weighted by molar-refractivity contribution is 7.47. The van der Waals surface area contributed by atoms with Gasteiger partial charge in [0, 0.05) is 19.3 Å². The number of allylic oxidation sites excluding steroid dienone is 20. The number of rotatable bonds is 55. The van der Waals surface area contributed by atoms with E-state index in [1.165, 1.54) is 57.8 Å². The third-order valence-electron chi connectivity index (χ3n) is 12.3. The quantitative estimate of drug-likeness (QED) is 0.0197. The lowest BCUT2D eigenvalue weighted by Crippen LogP contribution is -2.30. The second-order valence-corrected chi connectivity index (χ2v) is 21.2. The Bertz CT molecular complexity index is 1770. The van der Waals surface area contributed by atoms with Crippen LogP contribution in [0.15, 0.2) is 122 Å². The highest BCUT2D eigenvalue weighted by Gasteiger charge is 2.28. The van der Waals surface area contributed by atoms with Crippen LogP contribution in [0.25, 0.3) is 0 Å². The Kier molecular flexibility index (Phi) is 55.9. The molecule has 11 nitrogen and oxygen atoms in total. The molecule has 0 fully saturated rings. The van der Waals surface area contributed by atoms with Crippen LogP contribution in [0.5, 0.6) is 0 Å². The van der Waals surface area contributed by atoms with Crippen molar-refractivity contribution in [3.63, 3.8) is 0 Å². The van der Waals surface area contributed by atoms with Gasteiger partial charge in [0.1, 0.15) is 12.7 Å². The van der Waals surface area contributed by atoms with Crippen LogP contribution < -0.4 is 0 Å². The van der Waals surface area contributed by atoms with Gasteiger partial charge in [0.05, 0.1) is 19.8 Å². The van der Waals surface area contributed by atoms with E-state index in [1.54, 1.807) is 0 Å². The zero-order valence-corrected chi connectivity index (χ0v) is 50.0. The summed E-state index contributed by atoms with van der Waals surface area (Å²) in [6.07, 6.45) is 73.1. The minimum Gasteiger partial charge on any atom is -0.462 e.